The number of ketones is 1. The Bertz CT molecular complexity index is 665. The second kappa shape index (κ2) is 6.19. The third-order valence-electron chi connectivity index (χ3n) is 8.63. The Balaban J connectivity index is 1.74. The SMILES string of the molecule is CC(=O)OC[C@]12CCC(=O)C(C)=C1CC[C@@H]1[C@@H]2CC[C@]2(C)[C@@H](O)CC[C@@H]12. The highest BCUT2D eigenvalue weighted by atomic mass is 16.5. The molecule has 3 saturated carbocycles. The van der Waals surface area contributed by atoms with Gasteiger partial charge in [-0.05, 0) is 80.6 Å². The van der Waals surface area contributed by atoms with Crippen molar-refractivity contribution in [2.24, 2.45) is 28.6 Å². The molecule has 4 heteroatoms. The van der Waals surface area contributed by atoms with Gasteiger partial charge in [-0.15, -0.1) is 0 Å². The molecule has 0 saturated heterocycles. The Morgan fingerprint density at radius 2 is 1.92 bits per heavy atom. The number of hydrogen-bond acceptors (Lipinski definition) is 4. The van der Waals surface area contributed by atoms with Crippen molar-refractivity contribution in [3.8, 4) is 0 Å². The standard InChI is InChI=1S/C22H32O4/c1-13-16-5-4-15-17-6-7-20(25)21(17,3)10-8-18(15)22(16,11-9-19(13)24)12-26-14(2)23/h15,17-18,20,25H,4-12H2,1-3H3/t15-,17-,18-,20-,21-,22+/m0/s1. The summed E-state index contributed by atoms with van der Waals surface area (Å²) in [5, 5.41) is 10.6. The smallest absolute Gasteiger partial charge is 0.302 e. The summed E-state index contributed by atoms with van der Waals surface area (Å²) >= 11 is 0. The van der Waals surface area contributed by atoms with Crippen LogP contribution in [0.1, 0.15) is 72.1 Å². The van der Waals surface area contributed by atoms with E-state index in [-0.39, 0.29) is 28.7 Å². The molecule has 0 radical (unpaired) electrons. The minimum absolute atomic E-state index is 0.0462. The fraction of sp³-hybridized carbons (Fsp3) is 0.818. The van der Waals surface area contributed by atoms with E-state index in [0.29, 0.717) is 30.8 Å². The van der Waals surface area contributed by atoms with Crippen molar-refractivity contribution in [2.45, 2.75) is 78.2 Å². The molecule has 0 aromatic carbocycles. The maximum Gasteiger partial charge on any atom is 0.302 e. The van der Waals surface area contributed by atoms with E-state index in [1.165, 1.54) is 12.5 Å². The third kappa shape index (κ3) is 2.44. The zero-order valence-corrected chi connectivity index (χ0v) is 16.3. The highest BCUT2D eigenvalue weighted by Gasteiger charge is 2.60. The van der Waals surface area contributed by atoms with Gasteiger partial charge in [0.05, 0.1) is 6.10 Å². The van der Waals surface area contributed by atoms with Crippen LogP contribution in [0.4, 0.5) is 0 Å². The molecule has 0 aromatic rings. The molecule has 3 fully saturated rings. The van der Waals surface area contributed by atoms with Crippen LogP contribution in [0.3, 0.4) is 0 Å². The van der Waals surface area contributed by atoms with Crippen molar-refractivity contribution in [1.29, 1.82) is 0 Å². The molecule has 1 N–H and O–H groups in total. The number of rotatable bonds is 2. The Morgan fingerprint density at radius 1 is 1.15 bits per heavy atom. The van der Waals surface area contributed by atoms with Gasteiger partial charge >= 0.3 is 5.97 Å². The topological polar surface area (TPSA) is 63.6 Å². The maximum atomic E-state index is 12.4. The molecular weight excluding hydrogens is 328 g/mol. The van der Waals surface area contributed by atoms with Crippen LogP contribution < -0.4 is 0 Å². The Labute approximate surface area is 156 Å². The van der Waals surface area contributed by atoms with Gasteiger partial charge in [0.25, 0.3) is 0 Å². The lowest BCUT2D eigenvalue weighted by Gasteiger charge is -2.58. The molecule has 0 aromatic heterocycles. The van der Waals surface area contributed by atoms with E-state index >= 15 is 0 Å². The fourth-order valence-corrected chi connectivity index (χ4v) is 7.22. The molecule has 0 amide bonds. The minimum atomic E-state index is -0.229. The first kappa shape index (κ1) is 18.2. The van der Waals surface area contributed by atoms with E-state index < -0.39 is 0 Å². The van der Waals surface area contributed by atoms with Gasteiger partial charge in [0.2, 0.25) is 0 Å². The molecule has 0 heterocycles. The fourth-order valence-electron chi connectivity index (χ4n) is 7.22. The number of Topliss-reactive ketones (excluding diaryl/α,β-unsaturated/α-hetero) is 1. The van der Waals surface area contributed by atoms with Crippen molar-refractivity contribution in [2.75, 3.05) is 6.61 Å². The second-order valence-corrected chi connectivity index (χ2v) is 9.52. The summed E-state index contributed by atoms with van der Waals surface area (Å²) in [4.78, 5) is 24.0. The first-order valence-electron chi connectivity index (χ1n) is 10.3. The highest BCUT2D eigenvalue weighted by molar-refractivity contribution is 5.96. The van der Waals surface area contributed by atoms with Gasteiger partial charge in [-0.25, -0.2) is 0 Å². The van der Waals surface area contributed by atoms with E-state index in [4.69, 9.17) is 4.74 Å². The lowest BCUT2D eigenvalue weighted by Crippen LogP contribution is -2.54. The van der Waals surface area contributed by atoms with Crippen LogP contribution in [0.15, 0.2) is 11.1 Å². The molecule has 4 aliphatic rings. The number of fused-ring (bicyclic) bond motifs is 5. The van der Waals surface area contributed by atoms with Crippen LogP contribution in [0.25, 0.3) is 0 Å². The molecule has 0 spiro atoms. The predicted molar refractivity (Wildman–Crippen MR) is 98.3 cm³/mol. The number of hydrogen-bond donors (Lipinski definition) is 1. The molecule has 144 valence electrons. The van der Waals surface area contributed by atoms with Gasteiger partial charge in [0.15, 0.2) is 5.78 Å². The highest BCUT2D eigenvalue weighted by Crippen LogP contribution is 2.65. The van der Waals surface area contributed by atoms with Gasteiger partial charge in [-0.3, -0.25) is 9.59 Å². The van der Waals surface area contributed by atoms with Gasteiger partial charge in [-0.2, -0.15) is 0 Å². The summed E-state index contributed by atoms with van der Waals surface area (Å²) in [5.74, 6) is 1.65. The zero-order chi connectivity index (χ0) is 18.7. The molecule has 4 aliphatic carbocycles. The van der Waals surface area contributed by atoms with Gasteiger partial charge in [0, 0.05) is 18.8 Å². The number of esters is 1. The monoisotopic (exact) mass is 360 g/mol. The van der Waals surface area contributed by atoms with E-state index in [1.807, 2.05) is 6.92 Å². The predicted octanol–water partition coefficient (Wildman–Crippen LogP) is 3.81. The van der Waals surface area contributed by atoms with Crippen molar-refractivity contribution in [3.63, 3.8) is 0 Å². The van der Waals surface area contributed by atoms with Crippen LogP contribution in [-0.2, 0) is 14.3 Å². The second-order valence-electron chi connectivity index (χ2n) is 9.52. The molecule has 0 aliphatic heterocycles. The van der Waals surface area contributed by atoms with Crippen molar-refractivity contribution >= 4 is 11.8 Å². The summed E-state index contributed by atoms with van der Waals surface area (Å²) in [6.45, 7) is 6.17. The largest absolute Gasteiger partial charge is 0.465 e. The zero-order valence-electron chi connectivity index (χ0n) is 16.3. The Hall–Kier alpha value is -1.16. The first-order valence-corrected chi connectivity index (χ1v) is 10.3. The molecule has 4 nitrogen and oxygen atoms in total. The van der Waals surface area contributed by atoms with Crippen molar-refractivity contribution < 1.29 is 19.4 Å². The summed E-state index contributed by atoms with van der Waals surface area (Å²) in [6, 6.07) is 0. The molecule has 4 rings (SSSR count). The third-order valence-corrected chi connectivity index (χ3v) is 8.63. The summed E-state index contributed by atoms with van der Waals surface area (Å²) in [6.07, 6.45) is 7.42. The molecule has 0 bridgehead atoms. The van der Waals surface area contributed by atoms with E-state index in [2.05, 4.69) is 6.92 Å². The number of carbonyl (C=O) groups excluding carboxylic acids is 2. The summed E-state index contributed by atoms with van der Waals surface area (Å²) in [5.41, 5.74) is 2.10. The van der Waals surface area contributed by atoms with Gasteiger partial charge < -0.3 is 9.84 Å². The summed E-state index contributed by atoms with van der Waals surface area (Å²) < 4.78 is 5.60. The number of aliphatic hydroxyl groups excluding tert-OH is 1. The van der Waals surface area contributed by atoms with Crippen molar-refractivity contribution in [3.05, 3.63) is 11.1 Å². The molecular formula is C22H32O4. The number of aliphatic hydroxyl groups is 1. The van der Waals surface area contributed by atoms with Crippen LogP contribution in [0, 0.1) is 28.6 Å². The quantitative estimate of drug-likeness (QED) is 0.761. The molecule has 6 atom stereocenters. The normalized spacial score (nSPS) is 45.0. The van der Waals surface area contributed by atoms with Crippen LogP contribution >= 0.6 is 0 Å². The molecule has 26 heavy (non-hydrogen) atoms. The van der Waals surface area contributed by atoms with Crippen molar-refractivity contribution in [1.82, 2.24) is 0 Å². The minimum Gasteiger partial charge on any atom is -0.465 e. The van der Waals surface area contributed by atoms with Crippen LogP contribution in [-0.4, -0.2) is 29.6 Å². The average Bonchev–Trinajstić information content (AvgIpc) is 2.92. The van der Waals surface area contributed by atoms with Gasteiger partial charge in [-0.1, -0.05) is 12.5 Å². The first-order chi connectivity index (χ1) is 12.3. The Morgan fingerprint density at radius 3 is 2.65 bits per heavy atom. The summed E-state index contributed by atoms with van der Waals surface area (Å²) in [7, 11) is 0. The van der Waals surface area contributed by atoms with E-state index in [1.54, 1.807) is 0 Å². The number of ether oxygens (including phenoxy) is 1. The van der Waals surface area contributed by atoms with Gasteiger partial charge in [0.1, 0.15) is 6.61 Å². The molecule has 0 unspecified atom stereocenters. The maximum absolute atomic E-state index is 12.4. The van der Waals surface area contributed by atoms with E-state index in [9.17, 15) is 14.7 Å². The lowest BCUT2D eigenvalue weighted by atomic mass is 9.46. The van der Waals surface area contributed by atoms with Crippen LogP contribution in [0.5, 0.6) is 0 Å². The van der Waals surface area contributed by atoms with Crippen LogP contribution in [0.2, 0.25) is 0 Å². The Kier molecular flexibility index (Phi) is 4.33. The van der Waals surface area contributed by atoms with E-state index in [0.717, 1.165) is 50.5 Å². The lowest BCUT2D eigenvalue weighted by molar-refractivity contribution is -0.150. The number of carbonyl (C=O) groups is 2. The average molecular weight is 360 g/mol.